The molecule has 0 aliphatic carbocycles. The van der Waals surface area contributed by atoms with Gasteiger partial charge in [0.1, 0.15) is 0 Å². The molecule has 0 aromatic heterocycles. The van der Waals surface area contributed by atoms with Gasteiger partial charge in [0.2, 0.25) is 11.8 Å². The summed E-state index contributed by atoms with van der Waals surface area (Å²) in [6, 6.07) is 15.6. The van der Waals surface area contributed by atoms with Crippen molar-refractivity contribution in [1.82, 2.24) is 0 Å². The van der Waals surface area contributed by atoms with Gasteiger partial charge in [-0.3, -0.25) is 9.59 Å². The number of amides is 2. The molecule has 2 aromatic rings. The predicted molar refractivity (Wildman–Crippen MR) is 117 cm³/mol. The van der Waals surface area contributed by atoms with Gasteiger partial charge in [0.15, 0.2) is 0 Å². The number of allylic oxidation sites excluding steroid dienone is 1. The smallest absolute Gasteiger partial charge is 0.248 e. The average molecular weight is 377 g/mol. The summed E-state index contributed by atoms with van der Waals surface area (Å²) in [6.07, 6.45) is 5.46. The predicted octanol–water partition coefficient (Wildman–Crippen LogP) is 5.62. The third kappa shape index (κ3) is 6.54. The van der Waals surface area contributed by atoms with Gasteiger partial charge in [-0.1, -0.05) is 57.7 Å². The van der Waals surface area contributed by atoms with Crippen molar-refractivity contribution in [2.24, 2.45) is 0 Å². The van der Waals surface area contributed by atoms with Crippen LogP contribution in [0.15, 0.2) is 73.3 Å². The first-order chi connectivity index (χ1) is 13.4. The number of carbonyl (C=O) groups excluding carboxylic acids is 2. The number of hydrogen-bond acceptors (Lipinski definition) is 2. The van der Waals surface area contributed by atoms with Crippen LogP contribution >= 0.6 is 0 Å². The maximum atomic E-state index is 12.1. The maximum Gasteiger partial charge on any atom is 0.248 e. The van der Waals surface area contributed by atoms with Crippen molar-refractivity contribution < 1.29 is 9.59 Å². The monoisotopic (exact) mass is 376 g/mol. The molecule has 1 atom stereocenters. The molecule has 146 valence electrons. The fourth-order valence-electron chi connectivity index (χ4n) is 2.76. The first kappa shape index (κ1) is 21.2. The SMILES string of the molecule is C=CC(=O)Nc1ccc(C(C)C/C=C/C(=O)Nc2cccc(C(C)C)c2)cc1. The Morgan fingerprint density at radius 1 is 0.929 bits per heavy atom. The normalized spacial score (nSPS) is 12.0. The number of carbonyl (C=O) groups is 2. The number of nitrogens with one attached hydrogen (secondary N) is 2. The van der Waals surface area contributed by atoms with Crippen LogP contribution in [0, 0.1) is 0 Å². The van der Waals surface area contributed by atoms with Crippen LogP contribution in [0.2, 0.25) is 0 Å². The molecule has 0 heterocycles. The Hall–Kier alpha value is -3.14. The van der Waals surface area contributed by atoms with Crippen molar-refractivity contribution in [2.75, 3.05) is 10.6 Å². The van der Waals surface area contributed by atoms with Gasteiger partial charge in [0, 0.05) is 11.4 Å². The second kappa shape index (κ2) is 10.3. The molecule has 0 saturated carbocycles. The molecule has 2 N–H and O–H groups in total. The van der Waals surface area contributed by atoms with E-state index >= 15 is 0 Å². The molecule has 0 fully saturated rings. The molecule has 4 heteroatoms. The highest BCUT2D eigenvalue weighted by Crippen LogP contribution is 2.22. The molecular formula is C24H28N2O2. The molecule has 2 aromatic carbocycles. The van der Waals surface area contributed by atoms with Crippen LogP contribution in [-0.4, -0.2) is 11.8 Å². The standard InChI is InChI=1S/C24H28N2O2/c1-5-23(27)25-21-14-12-19(13-15-21)18(4)8-6-11-24(28)26-22-10-7-9-20(16-22)17(2)3/h5-7,9-18H,1,8H2,2-4H3,(H,25,27)(H,26,28)/b11-6+. The van der Waals surface area contributed by atoms with Crippen molar-refractivity contribution in [3.05, 3.63) is 84.5 Å². The van der Waals surface area contributed by atoms with Crippen LogP contribution in [0.1, 0.15) is 50.2 Å². The van der Waals surface area contributed by atoms with Crippen LogP contribution in [0.4, 0.5) is 11.4 Å². The second-order valence-electron chi connectivity index (χ2n) is 7.12. The zero-order valence-corrected chi connectivity index (χ0v) is 16.7. The van der Waals surface area contributed by atoms with Gasteiger partial charge in [-0.15, -0.1) is 0 Å². The van der Waals surface area contributed by atoms with E-state index in [1.54, 1.807) is 6.08 Å². The van der Waals surface area contributed by atoms with Crippen LogP contribution in [0.25, 0.3) is 0 Å². The molecule has 0 aliphatic rings. The lowest BCUT2D eigenvalue weighted by Crippen LogP contribution is -2.08. The zero-order chi connectivity index (χ0) is 20.5. The fourth-order valence-corrected chi connectivity index (χ4v) is 2.76. The van der Waals surface area contributed by atoms with Crippen molar-refractivity contribution in [1.29, 1.82) is 0 Å². The molecule has 0 aliphatic heterocycles. The Bertz CT molecular complexity index is 851. The number of benzene rings is 2. The maximum absolute atomic E-state index is 12.1. The molecule has 2 rings (SSSR count). The van der Waals surface area contributed by atoms with Gasteiger partial charge in [-0.05, 0) is 65.8 Å². The lowest BCUT2D eigenvalue weighted by Gasteiger charge is -2.11. The van der Waals surface area contributed by atoms with Crippen LogP contribution in [0.3, 0.4) is 0 Å². The fraction of sp³-hybridized carbons (Fsp3) is 0.250. The highest BCUT2D eigenvalue weighted by Gasteiger charge is 2.06. The van der Waals surface area contributed by atoms with Crippen molar-refractivity contribution in [2.45, 2.75) is 39.0 Å². The number of anilines is 2. The molecule has 0 spiro atoms. The van der Waals surface area contributed by atoms with Gasteiger partial charge in [-0.2, -0.15) is 0 Å². The molecular weight excluding hydrogens is 348 g/mol. The zero-order valence-electron chi connectivity index (χ0n) is 16.7. The second-order valence-corrected chi connectivity index (χ2v) is 7.12. The van der Waals surface area contributed by atoms with E-state index in [-0.39, 0.29) is 17.7 Å². The Kier molecular flexibility index (Phi) is 7.76. The molecule has 0 radical (unpaired) electrons. The average Bonchev–Trinajstić information content (AvgIpc) is 2.68. The number of hydrogen-bond donors (Lipinski definition) is 2. The molecule has 0 bridgehead atoms. The van der Waals surface area contributed by atoms with E-state index in [1.807, 2.05) is 48.5 Å². The summed E-state index contributed by atoms with van der Waals surface area (Å²) in [6.45, 7) is 9.79. The van der Waals surface area contributed by atoms with E-state index < -0.39 is 0 Å². The van der Waals surface area contributed by atoms with Crippen molar-refractivity contribution >= 4 is 23.2 Å². The van der Waals surface area contributed by atoms with Crippen LogP contribution in [-0.2, 0) is 9.59 Å². The minimum absolute atomic E-state index is 0.129. The molecule has 1 unspecified atom stereocenters. The quantitative estimate of drug-likeness (QED) is 0.587. The Labute approximate surface area is 167 Å². The van der Waals surface area contributed by atoms with Gasteiger partial charge >= 0.3 is 0 Å². The molecule has 2 amide bonds. The largest absolute Gasteiger partial charge is 0.323 e. The van der Waals surface area contributed by atoms with E-state index in [9.17, 15) is 9.59 Å². The lowest BCUT2D eigenvalue weighted by molar-refractivity contribution is -0.112. The highest BCUT2D eigenvalue weighted by molar-refractivity contribution is 5.99. The summed E-state index contributed by atoms with van der Waals surface area (Å²) in [4.78, 5) is 23.5. The third-order valence-corrected chi connectivity index (χ3v) is 4.51. The first-order valence-corrected chi connectivity index (χ1v) is 9.50. The Morgan fingerprint density at radius 3 is 2.25 bits per heavy atom. The molecule has 4 nitrogen and oxygen atoms in total. The summed E-state index contributed by atoms with van der Waals surface area (Å²) in [7, 11) is 0. The van der Waals surface area contributed by atoms with Crippen molar-refractivity contribution in [3.63, 3.8) is 0 Å². The van der Waals surface area contributed by atoms with Gasteiger partial charge in [0.05, 0.1) is 0 Å². The molecule has 0 saturated heterocycles. The van der Waals surface area contributed by atoms with E-state index in [2.05, 4.69) is 44.1 Å². The van der Waals surface area contributed by atoms with Gasteiger partial charge < -0.3 is 10.6 Å². The van der Waals surface area contributed by atoms with E-state index in [0.29, 0.717) is 5.92 Å². The Morgan fingerprint density at radius 2 is 1.61 bits per heavy atom. The molecule has 28 heavy (non-hydrogen) atoms. The minimum atomic E-state index is -0.228. The van der Waals surface area contributed by atoms with E-state index in [4.69, 9.17) is 0 Å². The van der Waals surface area contributed by atoms with E-state index in [0.717, 1.165) is 23.4 Å². The lowest BCUT2D eigenvalue weighted by atomic mass is 9.97. The highest BCUT2D eigenvalue weighted by atomic mass is 16.2. The number of rotatable bonds is 8. The summed E-state index contributed by atoms with van der Waals surface area (Å²) in [5.41, 5.74) is 3.89. The van der Waals surface area contributed by atoms with Gasteiger partial charge in [0.25, 0.3) is 0 Å². The first-order valence-electron chi connectivity index (χ1n) is 9.50. The van der Waals surface area contributed by atoms with E-state index in [1.165, 1.54) is 11.6 Å². The summed E-state index contributed by atoms with van der Waals surface area (Å²) in [5, 5.41) is 5.63. The third-order valence-electron chi connectivity index (χ3n) is 4.51. The van der Waals surface area contributed by atoms with Crippen LogP contribution in [0.5, 0.6) is 0 Å². The van der Waals surface area contributed by atoms with Crippen LogP contribution < -0.4 is 10.6 Å². The minimum Gasteiger partial charge on any atom is -0.323 e. The van der Waals surface area contributed by atoms with Gasteiger partial charge in [-0.25, -0.2) is 0 Å². The van der Waals surface area contributed by atoms with Crippen molar-refractivity contribution in [3.8, 4) is 0 Å². The summed E-state index contributed by atoms with van der Waals surface area (Å²) >= 11 is 0. The summed E-state index contributed by atoms with van der Waals surface area (Å²) < 4.78 is 0. The Balaban J connectivity index is 1.87. The topological polar surface area (TPSA) is 58.2 Å². The summed E-state index contributed by atoms with van der Waals surface area (Å²) in [5.74, 6) is 0.325.